The van der Waals surface area contributed by atoms with Crippen molar-refractivity contribution in [2.75, 3.05) is 13.7 Å². The van der Waals surface area contributed by atoms with Crippen LogP contribution in [-0.4, -0.2) is 29.3 Å². The summed E-state index contributed by atoms with van der Waals surface area (Å²) in [6.07, 6.45) is 5.09. The van der Waals surface area contributed by atoms with Gasteiger partial charge in [0.2, 0.25) is 0 Å². The van der Waals surface area contributed by atoms with Crippen molar-refractivity contribution in [1.82, 2.24) is 15.1 Å². The molecule has 2 heterocycles. The molecular weight excluding hydrogens is 330 g/mol. The summed E-state index contributed by atoms with van der Waals surface area (Å²) in [5.41, 5.74) is 0.378. The van der Waals surface area contributed by atoms with Crippen molar-refractivity contribution >= 4 is 17.5 Å². The molecule has 2 aromatic heterocycles. The van der Waals surface area contributed by atoms with E-state index in [2.05, 4.69) is 10.4 Å². The molecule has 1 N–H and O–H groups in total. The van der Waals surface area contributed by atoms with Gasteiger partial charge in [0.25, 0.3) is 5.91 Å². The molecule has 0 fully saturated rings. The van der Waals surface area contributed by atoms with Gasteiger partial charge in [0, 0.05) is 24.0 Å². The van der Waals surface area contributed by atoms with E-state index < -0.39 is 0 Å². The summed E-state index contributed by atoms with van der Waals surface area (Å²) in [7, 11) is 1.51. The fraction of sp³-hybridized carbons (Fsp3) is 0.176. The summed E-state index contributed by atoms with van der Waals surface area (Å²) in [6.45, 7) is 0.309. The first-order valence-corrected chi connectivity index (χ1v) is 7.71. The first kappa shape index (κ1) is 16.1. The Morgan fingerprint density at radius 2 is 2.29 bits per heavy atom. The van der Waals surface area contributed by atoms with Crippen LogP contribution in [0.15, 0.2) is 59.5 Å². The lowest BCUT2D eigenvalue weighted by Gasteiger charge is -2.17. The molecule has 0 aliphatic carbocycles. The smallest absolute Gasteiger partial charge is 0.255 e. The number of hydrogen-bond donors (Lipinski definition) is 1. The number of methoxy groups -OCH3 is 1. The average Bonchev–Trinajstić information content (AvgIpc) is 3.29. The molecule has 6 nitrogen and oxygen atoms in total. The van der Waals surface area contributed by atoms with Crippen LogP contribution in [0.2, 0.25) is 5.02 Å². The molecule has 0 saturated heterocycles. The second-order valence-corrected chi connectivity index (χ2v) is 5.51. The number of hydrogen-bond acceptors (Lipinski definition) is 4. The van der Waals surface area contributed by atoms with Gasteiger partial charge in [-0.2, -0.15) is 5.10 Å². The molecule has 0 aliphatic rings. The summed E-state index contributed by atoms with van der Waals surface area (Å²) in [5, 5.41) is 7.58. The zero-order valence-corrected chi connectivity index (χ0v) is 13.7. The van der Waals surface area contributed by atoms with Crippen molar-refractivity contribution in [3.8, 4) is 5.75 Å². The van der Waals surface area contributed by atoms with E-state index in [1.807, 2.05) is 18.3 Å². The third-order valence-corrected chi connectivity index (χ3v) is 3.81. The topological polar surface area (TPSA) is 69.3 Å². The van der Waals surface area contributed by atoms with Crippen LogP contribution in [0.5, 0.6) is 5.75 Å². The molecule has 124 valence electrons. The van der Waals surface area contributed by atoms with E-state index in [4.69, 9.17) is 20.8 Å². The van der Waals surface area contributed by atoms with Crippen LogP contribution in [0.4, 0.5) is 0 Å². The van der Waals surface area contributed by atoms with Gasteiger partial charge in [-0.3, -0.25) is 9.48 Å². The lowest BCUT2D eigenvalue weighted by atomic mass is 10.1. The van der Waals surface area contributed by atoms with Crippen LogP contribution in [0.1, 0.15) is 22.2 Å². The van der Waals surface area contributed by atoms with Crippen LogP contribution in [0.25, 0.3) is 0 Å². The molecule has 24 heavy (non-hydrogen) atoms. The Kier molecular flexibility index (Phi) is 4.86. The maximum atomic E-state index is 12.5. The van der Waals surface area contributed by atoms with E-state index in [9.17, 15) is 4.79 Å². The van der Waals surface area contributed by atoms with Crippen molar-refractivity contribution in [3.63, 3.8) is 0 Å². The van der Waals surface area contributed by atoms with Crippen molar-refractivity contribution in [3.05, 3.63) is 71.4 Å². The van der Waals surface area contributed by atoms with E-state index in [-0.39, 0.29) is 11.9 Å². The van der Waals surface area contributed by atoms with Gasteiger partial charge in [0.15, 0.2) is 0 Å². The highest BCUT2D eigenvalue weighted by atomic mass is 35.5. The zero-order valence-electron chi connectivity index (χ0n) is 13.0. The Balaban J connectivity index is 1.78. The first-order chi connectivity index (χ1) is 11.7. The summed E-state index contributed by atoms with van der Waals surface area (Å²) in [4.78, 5) is 12.5. The third kappa shape index (κ3) is 3.44. The number of halogens is 1. The van der Waals surface area contributed by atoms with Gasteiger partial charge in [-0.25, -0.2) is 0 Å². The van der Waals surface area contributed by atoms with Crippen LogP contribution in [0.3, 0.4) is 0 Å². The lowest BCUT2D eigenvalue weighted by molar-refractivity contribution is 0.0945. The molecule has 3 aromatic rings. The van der Waals surface area contributed by atoms with Crippen LogP contribution >= 0.6 is 11.6 Å². The Morgan fingerprint density at radius 3 is 2.96 bits per heavy atom. The molecule has 0 spiro atoms. The Bertz CT molecular complexity index is 766. The van der Waals surface area contributed by atoms with E-state index in [1.165, 1.54) is 7.11 Å². The fourth-order valence-corrected chi connectivity index (χ4v) is 2.58. The SMILES string of the molecule is COc1ccc(Cl)cc1C(=O)NCC(c1ccco1)n1cccn1. The Morgan fingerprint density at radius 1 is 1.42 bits per heavy atom. The van der Waals surface area contributed by atoms with E-state index >= 15 is 0 Å². The van der Waals surface area contributed by atoms with Crippen molar-refractivity contribution in [2.24, 2.45) is 0 Å². The Labute approximate surface area is 144 Å². The number of benzene rings is 1. The Hall–Kier alpha value is -2.73. The molecule has 3 rings (SSSR count). The third-order valence-electron chi connectivity index (χ3n) is 3.58. The molecule has 0 aliphatic heterocycles. The number of furan rings is 1. The van der Waals surface area contributed by atoms with Gasteiger partial charge in [-0.1, -0.05) is 11.6 Å². The lowest BCUT2D eigenvalue weighted by Crippen LogP contribution is -2.31. The summed E-state index contributed by atoms with van der Waals surface area (Å²) < 4.78 is 12.4. The minimum Gasteiger partial charge on any atom is -0.496 e. The van der Waals surface area contributed by atoms with Gasteiger partial charge in [0.1, 0.15) is 17.6 Å². The zero-order chi connectivity index (χ0) is 16.9. The minimum atomic E-state index is -0.280. The number of aromatic nitrogens is 2. The minimum absolute atomic E-state index is 0.246. The van der Waals surface area contributed by atoms with Gasteiger partial charge < -0.3 is 14.5 Å². The van der Waals surface area contributed by atoms with E-state index in [0.29, 0.717) is 28.6 Å². The van der Waals surface area contributed by atoms with Crippen LogP contribution < -0.4 is 10.1 Å². The molecule has 7 heteroatoms. The summed E-state index contributed by atoms with van der Waals surface area (Å²) in [5.74, 6) is 0.889. The molecule has 0 saturated carbocycles. The number of nitrogens with zero attached hydrogens (tertiary/aromatic N) is 2. The fourth-order valence-electron chi connectivity index (χ4n) is 2.41. The van der Waals surface area contributed by atoms with Gasteiger partial charge in [-0.05, 0) is 36.4 Å². The van der Waals surface area contributed by atoms with Crippen molar-refractivity contribution in [1.29, 1.82) is 0 Å². The van der Waals surface area contributed by atoms with Gasteiger partial charge in [-0.15, -0.1) is 0 Å². The van der Waals surface area contributed by atoms with E-state index in [1.54, 1.807) is 41.4 Å². The first-order valence-electron chi connectivity index (χ1n) is 7.33. The average molecular weight is 346 g/mol. The van der Waals surface area contributed by atoms with Crippen molar-refractivity contribution in [2.45, 2.75) is 6.04 Å². The van der Waals surface area contributed by atoms with E-state index in [0.717, 1.165) is 0 Å². The number of amides is 1. The number of carbonyl (C=O) groups excluding carboxylic acids is 1. The number of ether oxygens (including phenoxy) is 1. The normalized spacial score (nSPS) is 11.9. The molecular formula is C17H16ClN3O3. The number of carbonyl (C=O) groups is 1. The number of rotatable bonds is 6. The maximum absolute atomic E-state index is 12.5. The summed E-state index contributed by atoms with van der Waals surface area (Å²) >= 11 is 5.98. The van der Waals surface area contributed by atoms with Crippen LogP contribution in [0, 0.1) is 0 Å². The molecule has 0 bridgehead atoms. The maximum Gasteiger partial charge on any atom is 0.255 e. The standard InChI is InChI=1S/C17H16ClN3O3/c1-23-15-6-5-12(18)10-13(15)17(22)19-11-14(16-4-2-9-24-16)21-8-3-7-20-21/h2-10,14H,11H2,1H3,(H,19,22). The quantitative estimate of drug-likeness (QED) is 0.745. The number of nitrogens with one attached hydrogen (secondary N) is 1. The molecule has 0 radical (unpaired) electrons. The van der Waals surface area contributed by atoms with Crippen LogP contribution in [-0.2, 0) is 0 Å². The second kappa shape index (κ2) is 7.23. The predicted octanol–water partition coefficient (Wildman–Crippen LogP) is 3.16. The monoisotopic (exact) mass is 345 g/mol. The molecule has 1 aromatic carbocycles. The molecule has 1 amide bonds. The highest BCUT2D eigenvalue weighted by Gasteiger charge is 2.20. The molecule has 1 atom stereocenters. The highest BCUT2D eigenvalue weighted by molar-refractivity contribution is 6.31. The summed E-state index contributed by atoms with van der Waals surface area (Å²) in [6, 6.07) is 10.1. The predicted molar refractivity (Wildman–Crippen MR) is 89.4 cm³/mol. The van der Waals surface area contributed by atoms with Crippen molar-refractivity contribution < 1.29 is 13.9 Å². The highest BCUT2D eigenvalue weighted by Crippen LogP contribution is 2.23. The second-order valence-electron chi connectivity index (χ2n) is 5.07. The molecule has 1 unspecified atom stereocenters. The largest absolute Gasteiger partial charge is 0.496 e. The van der Waals surface area contributed by atoms with Gasteiger partial charge >= 0.3 is 0 Å². The van der Waals surface area contributed by atoms with Gasteiger partial charge in [0.05, 0.1) is 18.9 Å².